The minimum atomic E-state index is -0.667. The molecule has 0 radical (unpaired) electrons. The molecule has 0 saturated carbocycles. The monoisotopic (exact) mass is 281 g/mol. The van der Waals surface area contributed by atoms with Gasteiger partial charge in [-0.05, 0) is 37.8 Å². The van der Waals surface area contributed by atoms with Crippen molar-refractivity contribution in [3.8, 4) is 0 Å². The summed E-state index contributed by atoms with van der Waals surface area (Å²) in [6, 6.07) is 2.63. The molecule has 5 nitrogen and oxygen atoms in total. The fraction of sp³-hybridized carbons (Fsp3) is 0.500. The average Bonchev–Trinajstić information content (AvgIpc) is 2.40. The first-order chi connectivity index (χ1) is 9.54. The Labute approximate surface area is 117 Å². The molecule has 0 spiro atoms. The van der Waals surface area contributed by atoms with E-state index in [1.54, 1.807) is 0 Å². The lowest BCUT2D eigenvalue weighted by molar-refractivity contribution is 0.100. The SMILES string of the molecule is NC(=O)c1cc(N2CCCCC2CCO)c(F)cc1N. The first-order valence-electron chi connectivity index (χ1n) is 6.81. The lowest BCUT2D eigenvalue weighted by atomic mass is 9.98. The second-order valence-corrected chi connectivity index (χ2v) is 5.11. The van der Waals surface area contributed by atoms with Gasteiger partial charge in [-0.2, -0.15) is 0 Å². The Hall–Kier alpha value is -1.82. The number of nitrogen functional groups attached to an aromatic ring is 1. The van der Waals surface area contributed by atoms with Gasteiger partial charge in [0.2, 0.25) is 0 Å². The molecule has 1 aromatic rings. The summed E-state index contributed by atoms with van der Waals surface area (Å²) in [4.78, 5) is 13.2. The van der Waals surface area contributed by atoms with Gasteiger partial charge >= 0.3 is 0 Å². The topological polar surface area (TPSA) is 92.6 Å². The summed E-state index contributed by atoms with van der Waals surface area (Å²) in [6.45, 7) is 0.754. The molecule has 1 heterocycles. The number of hydrogen-bond acceptors (Lipinski definition) is 4. The lowest BCUT2D eigenvalue weighted by Gasteiger charge is -2.37. The highest BCUT2D eigenvalue weighted by molar-refractivity contribution is 5.99. The third-order valence-electron chi connectivity index (χ3n) is 3.78. The van der Waals surface area contributed by atoms with Crippen LogP contribution < -0.4 is 16.4 Å². The van der Waals surface area contributed by atoms with Crippen LogP contribution in [-0.2, 0) is 0 Å². The number of aliphatic hydroxyl groups is 1. The van der Waals surface area contributed by atoms with E-state index in [-0.39, 0.29) is 23.9 Å². The van der Waals surface area contributed by atoms with Gasteiger partial charge < -0.3 is 21.5 Å². The van der Waals surface area contributed by atoms with Crippen LogP contribution in [0.1, 0.15) is 36.0 Å². The largest absolute Gasteiger partial charge is 0.398 e. The van der Waals surface area contributed by atoms with Crippen LogP contribution in [0.25, 0.3) is 0 Å². The molecule has 0 aliphatic carbocycles. The first-order valence-corrected chi connectivity index (χ1v) is 6.81. The predicted octanol–water partition coefficient (Wildman–Crippen LogP) is 1.25. The van der Waals surface area contributed by atoms with E-state index in [1.165, 1.54) is 6.07 Å². The number of anilines is 2. The van der Waals surface area contributed by atoms with E-state index in [0.717, 1.165) is 25.3 Å². The normalized spacial score (nSPS) is 19.1. The number of amides is 1. The van der Waals surface area contributed by atoms with Crippen molar-refractivity contribution < 1.29 is 14.3 Å². The van der Waals surface area contributed by atoms with Gasteiger partial charge in [0.15, 0.2) is 0 Å². The summed E-state index contributed by atoms with van der Waals surface area (Å²) >= 11 is 0. The van der Waals surface area contributed by atoms with Crippen molar-refractivity contribution in [2.75, 3.05) is 23.8 Å². The van der Waals surface area contributed by atoms with E-state index in [0.29, 0.717) is 18.7 Å². The van der Waals surface area contributed by atoms with Crippen LogP contribution >= 0.6 is 0 Å². The summed E-state index contributed by atoms with van der Waals surface area (Å²) in [5.41, 5.74) is 11.4. The van der Waals surface area contributed by atoms with E-state index >= 15 is 0 Å². The van der Waals surface area contributed by atoms with Crippen molar-refractivity contribution in [2.45, 2.75) is 31.7 Å². The highest BCUT2D eigenvalue weighted by Crippen LogP contribution is 2.31. The van der Waals surface area contributed by atoms with Crippen LogP contribution in [0.2, 0.25) is 0 Å². The molecule has 1 fully saturated rings. The Balaban J connectivity index is 2.39. The molecular formula is C14H20FN3O2. The maximum atomic E-state index is 14.2. The van der Waals surface area contributed by atoms with Crippen LogP contribution in [0.3, 0.4) is 0 Å². The van der Waals surface area contributed by atoms with Gasteiger partial charge in [0.25, 0.3) is 5.91 Å². The zero-order chi connectivity index (χ0) is 14.7. The summed E-state index contributed by atoms with van der Waals surface area (Å²) < 4.78 is 14.2. The van der Waals surface area contributed by atoms with Gasteiger partial charge in [0.1, 0.15) is 5.82 Å². The number of nitrogens with two attached hydrogens (primary N) is 2. The molecule has 110 valence electrons. The van der Waals surface area contributed by atoms with E-state index in [2.05, 4.69) is 0 Å². The number of aliphatic hydroxyl groups excluding tert-OH is 1. The van der Waals surface area contributed by atoms with Crippen molar-refractivity contribution in [3.05, 3.63) is 23.5 Å². The summed E-state index contributed by atoms with van der Waals surface area (Å²) in [5, 5.41) is 9.12. The van der Waals surface area contributed by atoms with Crippen LogP contribution in [0, 0.1) is 5.82 Å². The summed E-state index contributed by atoms with van der Waals surface area (Å²) in [6.07, 6.45) is 3.49. The smallest absolute Gasteiger partial charge is 0.250 e. The molecule has 1 saturated heterocycles. The maximum Gasteiger partial charge on any atom is 0.250 e. The Morgan fingerprint density at radius 1 is 1.45 bits per heavy atom. The molecule has 0 aromatic heterocycles. The number of nitrogens with zero attached hydrogens (tertiary/aromatic N) is 1. The molecule has 2 rings (SSSR count). The Kier molecular flexibility index (Phi) is 4.44. The third-order valence-corrected chi connectivity index (χ3v) is 3.78. The summed E-state index contributed by atoms with van der Waals surface area (Å²) in [7, 11) is 0. The van der Waals surface area contributed by atoms with Crippen molar-refractivity contribution in [2.24, 2.45) is 5.73 Å². The second-order valence-electron chi connectivity index (χ2n) is 5.11. The molecule has 20 heavy (non-hydrogen) atoms. The Morgan fingerprint density at radius 2 is 2.20 bits per heavy atom. The zero-order valence-corrected chi connectivity index (χ0v) is 11.3. The number of carbonyl (C=O) groups is 1. The van der Waals surface area contributed by atoms with E-state index in [4.69, 9.17) is 16.6 Å². The van der Waals surface area contributed by atoms with Crippen molar-refractivity contribution in [3.63, 3.8) is 0 Å². The predicted molar refractivity (Wildman–Crippen MR) is 76.0 cm³/mol. The fourth-order valence-corrected chi connectivity index (χ4v) is 2.78. The Bertz CT molecular complexity index is 505. The Morgan fingerprint density at radius 3 is 2.85 bits per heavy atom. The average molecular weight is 281 g/mol. The highest BCUT2D eigenvalue weighted by atomic mass is 19.1. The maximum absolute atomic E-state index is 14.2. The standard InChI is InChI=1S/C14H20FN3O2/c15-11-8-12(16)10(14(17)20)7-13(11)18-5-2-1-3-9(18)4-6-19/h7-9,19H,1-6,16H2,(H2,17,20). The summed E-state index contributed by atoms with van der Waals surface area (Å²) in [5.74, 6) is -1.13. The second kappa shape index (κ2) is 6.09. The number of halogens is 1. The third kappa shape index (κ3) is 2.85. The lowest BCUT2D eigenvalue weighted by Crippen LogP contribution is -2.40. The molecule has 6 heteroatoms. The molecule has 0 bridgehead atoms. The molecule has 1 unspecified atom stereocenters. The van der Waals surface area contributed by atoms with Crippen molar-refractivity contribution in [1.29, 1.82) is 0 Å². The first kappa shape index (κ1) is 14.6. The van der Waals surface area contributed by atoms with E-state index < -0.39 is 11.7 Å². The molecule has 1 aliphatic heterocycles. The van der Waals surface area contributed by atoms with Crippen LogP contribution in [0.4, 0.5) is 15.8 Å². The van der Waals surface area contributed by atoms with Gasteiger partial charge in [-0.15, -0.1) is 0 Å². The van der Waals surface area contributed by atoms with Crippen molar-refractivity contribution in [1.82, 2.24) is 0 Å². The zero-order valence-electron chi connectivity index (χ0n) is 11.3. The van der Waals surface area contributed by atoms with Gasteiger partial charge in [-0.25, -0.2) is 4.39 Å². The highest BCUT2D eigenvalue weighted by Gasteiger charge is 2.25. The number of carbonyl (C=O) groups excluding carboxylic acids is 1. The molecule has 5 N–H and O–H groups in total. The van der Waals surface area contributed by atoms with E-state index in [1.807, 2.05) is 4.90 Å². The molecule has 1 atom stereocenters. The minimum absolute atomic E-state index is 0.0504. The molecular weight excluding hydrogens is 261 g/mol. The molecule has 1 aliphatic rings. The number of rotatable bonds is 4. The number of hydrogen-bond donors (Lipinski definition) is 3. The van der Waals surface area contributed by atoms with Crippen LogP contribution in [0.5, 0.6) is 0 Å². The van der Waals surface area contributed by atoms with Gasteiger partial charge in [0, 0.05) is 24.9 Å². The van der Waals surface area contributed by atoms with Crippen LogP contribution in [-0.4, -0.2) is 30.2 Å². The van der Waals surface area contributed by atoms with Gasteiger partial charge in [-0.1, -0.05) is 0 Å². The molecule has 1 aromatic carbocycles. The molecule has 1 amide bonds. The quantitative estimate of drug-likeness (QED) is 0.724. The number of benzene rings is 1. The van der Waals surface area contributed by atoms with Crippen LogP contribution in [0.15, 0.2) is 12.1 Å². The van der Waals surface area contributed by atoms with E-state index in [9.17, 15) is 9.18 Å². The minimum Gasteiger partial charge on any atom is -0.398 e. The van der Waals surface area contributed by atoms with Gasteiger partial charge in [0.05, 0.1) is 11.3 Å². The number of primary amides is 1. The fourth-order valence-electron chi connectivity index (χ4n) is 2.78. The van der Waals surface area contributed by atoms with Gasteiger partial charge in [-0.3, -0.25) is 4.79 Å². The number of piperidine rings is 1. The van der Waals surface area contributed by atoms with Crippen molar-refractivity contribution >= 4 is 17.3 Å².